The Kier molecular flexibility index (Phi) is 10.6. The summed E-state index contributed by atoms with van der Waals surface area (Å²) in [6.45, 7) is 12.6. The summed E-state index contributed by atoms with van der Waals surface area (Å²) in [6.07, 6.45) is 20.6. The van der Waals surface area contributed by atoms with Gasteiger partial charge in [0.05, 0.1) is 12.7 Å². The highest BCUT2D eigenvalue weighted by atomic mass is 16.5. The monoisotopic (exact) mass is 776 g/mol. The van der Waals surface area contributed by atoms with Gasteiger partial charge in [-0.05, 0) is 171 Å². The van der Waals surface area contributed by atoms with Crippen molar-refractivity contribution in [3.8, 4) is 0 Å². The second kappa shape index (κ2) is 14.6. The Hall–Kier alpha value is -2.06. The lowest BCUT2D eigenvalue weighted by Gasteiger charge is -2.66. The molecule has 8 saturated carbocycles. The molecule has 0 heterocycles. The molecule has 8 aliphatic rings. The fourth-order valence-corrected chi connectivity index (χ4v) is 17.3. The van der Waals surface area contributed by atoms with E-state index >= 15 is 0 Å². The Morgan fingerprint density at radius 2 is 1.46 bits per heavy atom. The number of hydrogen-bond acceptors (Lipinski definition) is 6. The number of nitrogens with two attached hydrogens (primary N) is 1. The van der Waals surface area contributed by atoms with E-state index in [-0.39, 0.29) is 45.9 Å². The van der Waals surface area contributed by atoms with Crippen molar-refractivity contribution in [1.29, 1.82) is 0 Å². The number of Topliss-reactive ketones (excluding diaryl/α,β-unsaturated/α-hetero) is 2. The molecule has 0 aromatic rings. The molecule has 0 spiro atoms. The normalized spacial score (nSPS) is 49.5. The van der Waals surface area contributed by atoms with Crippen LogP contribution in [0.25, 0.3) is 0 Å². The summed E-state index contributed by atoms with van der Waals surface area (Å²) in [5.74, 6) is 3.82. The maximum Gasteiger partial charge on any atom is 0.327 e. The molecule has 56 heavy (non-hydrogen) atoms. The summed E-state index contributed by atoms with van der Waals surface area (Å²) in [5.41, 5.74) is 7.20. The molecule has 4 N–H and O–H groups in total. The van der Waals surface area contributed by atoms with Gasteiger partial charge in [0.1, 0.15) is 11.6 Å². The zero-order valence-electron chi connectivity index (χ0n) is 35.2. The van der Waals surface area contributed by atoms with Crippen molar-refractivity contribution in [2.75, 3.05) is 6.61 Å². The molecule has 4 unspecified atom stereocenters. The molecule has 0 aromatic heterocycles. The molecule has 0 bridgehead atoms. The van der Waals surface area contributed by atoms with Crippen LogP contribution in [-0.4, -0.2) is 52.0 Å². The molecular formula is C48H73NO7. The number of carboxylic acids is 2. The van der Waals surface area contributed by atoms with Crippen LogP contribution < -0.4 is 5.73 Å². The first kappa shape index (κ1) is 40.7. The third kappa shape index (κ3) is 6.42. The number of hydrogen-bond donors (Lipinski definition) is 3. The van der Waals surface area contributed by atoms with Crippen molar-refractivity contribution in [2.24, 2.45) is 92.5 Å². The number of carbonyl (C=O) groups excluding carboxylic acids is 2. The maximum absolute atomic E-state index is 13.1. The average Bonchev–Trinajstić information content (AvgIpc) is 3.68. The second-order valence-corrected chi connectivity index (χ2v) is 22.3. The minimum atomic E-state index is -0.913. The third-order valence-electron chi connectivity index (χ3n) is 20.4. The van der Waals surface area contributed by atoms with Gasteiger partial charge < -0.3 is 20.7 Å². The predicted octanol–water partition coefficient (Wildman–Crippen LogP) is 9.28. The van der Waals surface area contributed by atoms with Crippen LogP contribution in [0.5, 0.6) is 0 Å². The SMILES string of the molecule is C[C@H](CCC(=O)O)[C@H]1CCC2[C@H]3C(CC[C@@]21C)[C@@]1(C)CCC(=O)C[C@@]1(N)C[C@@H]3OC[C@H](/C=C/C(=O)O)[C@H]1CCC2[C@@H]3CC[C@@H]4CC(=O)CC[C@]4(C)C3CC[C@@]21C. The van der Waals surface area contributed by atoms with Crippen LogP contribution in [0, 0.1) is 86.8 Å². The van der Waals surface area contributed by atoms with Crippen LogP contribution in [0.2, 0.25) is 0 Å². The lowest BCUT2D eigenvalue weighted by molar-refractivity contribution is -0.192. The van der Waals surface area contributed by atoms with Gasteiger partial charge in [0.15, 0.2) is 0 Å². The number of carboxylic acid groups (broad SMARTS) is 2. The molecule has 312 valence electrons. The number of aliphatic carboxylic acids is 2. The first-order chi connectivity index (χ1) is 26.4. The number of fused-ring (bicyclic) bond motifs is 10. The van der Waals surface area contributed by atoms with E-state index in [2.05, 4.69) is 34.6 Å². The van der Waals surface area contributed by atoms with E-state index in [1.54, 1.807) is 0 Å². The summed E-state index contributed by atoms with van der Waals surface area (Å²) >= 11 is 0. The lowest BCUT2D eigenvalue weighted by Crippen LogP contribution is -2.70. The highest BCUT2D eigenvalue weighted by Gasteiger charge is 2.67. The minimum absolute atomic E-state index is 0.0207. The van der Waals surface area contributed by atoms with E-state index in [0.717, 1.165) is 70.6 Å². The van der Waals surface area contributed by atoms with Gasteiger partial charge in [-0.2, -0.15) is 0 Å². The highest BCUT2D eigenvalue weighted by molar-refractivity contribution is 5.81. The molecule has 0 radical (unpaired) electrons. The number of carbonyl (C=O) groups is 4. The summed E-state index contributed by atoms with van der Waals surface area (Å²) in [4.78, 5) is 49.3. The van der Waals surface area contributed by atoms with Crippen molar-refractivity contribution in [3.63, 3.8) is 0 Å². The molecule has 0 saturated heterocycles. The zero-order chi connectivity index (χ0) is 40.0. The van der Waals surface area contributed by atoms with Gasteiger partial charge in [-0.15, -0.1) is 0 Å². The molecule has 8 aliphatic carbocycles. The quantitative estimate of drug-likeness (QED) is 0.186. The Bertz CT molecular complexity index is 1610. The van der Waals surface area contributed by atoms with E-state index in [9.17, 15) is 29.4 Å². The molecule has 8 nitrogen and oxygen atoms in total. The molecule has 8 heteroatoms. The summed E-state index contributed by atoms with van der Waals surface area (Å²) < 4.78 is 7.36. The van der Waals surface area contributed by atoms with Crippen LogP contribution in [0.15, 0.2) is 12.2 Å². The van der Waals surface area contributed by atoms with Crippen LogP contribution in [-0.2, 0) is 23.9 Å². The predicted molar refractivity (Wildman–Crippen MR) is 215 cm³/mol. The van der Waals surface area contributed by atoms with E-state index in [0.29, 0.717) is 97.3 Å². The van der Waals surface area contributed by atoms with E-state index in [1.807, 2.05) is 6.08 Å². The molecule has 0 aliphatic heterocycles. The van der Waals surface area contributed by atoms with Crippen molar-refractivity contribution in [3.05, 3.63) is 12.2 Å². The summed E-state index contributed by atoms with van der Waals surface area (Å²) in [7, 11) is 0. The fourth-order valence-electron chi connectivity index (χ4n) is 17.3. The zero-order valence-corrected chi connectivity index (χ0v) is 35.2. The van der Waals surface area contributed by atoms with Crippen LogP contribution >= 0.6 is 0 Å². The van der Waals surface area contributed by atoms with Gasteiger partial charge >= 0.3 is 11.9 Å². The lowest BCUT2D eigenvalue weighted by atomic mass is 9.41. The van der Waals surface area contributed by atoms with Crippen molar-refractivity contribution >= 4 is 23.5 Å². The van der Waals surface area contributed by atoms with Crippen LogP contribution in [0.4, 0.5) is 0 Å². The van der Waals surface area contributed by atoms with E-state index in [1.165, 1.54) is 25.3 Å². The molecular weight excluding hydrogens is 703 g/mol. The van der Waals surface area contributed by atoms with Gasteiger partial charge in [-0.1, -0.05) is 40.7 Å². The first-order valence-corrected chi connectivity index (χ1v) is 23.0. The van der Waals surface area contributed by atoms with Crippen LogP contribution in [0.3, 0.4) is 0 Å². The highest BCUT2D eigenvalue weighted by Crippen LogP contribution is 2.71. The Morgan fingerprint density at radius 1 is 0.804 bits per heavy atom. The molecule has 0 amide bonds. The molecule has 8 fully saturated rings. The van der Waals surface area contributed by atoms with Crippen LogP contribution in [0.1, 0.15) is 157 Å². The molecule has 8 rings (SSSR count). The number of ether oxygens (including phenoxy) is 1. The Morgan fingerprint density at radius 3 is 2.20 bits per heavy atom. The Balaban J connectivity index is 1.06. The number of rotatable bonds is 10. The van der Waals surface area contributed by atoms with Gasteiger partial charge in [-0.25, -0.2) is 4.79 Å². The maximum atomic E-state index is 13.1. The number of ketones is 2. The second-order valence-electron chi connectivity index (χ2n) is 22.3. The van der Waals surface area contributed by atoms with Gasteiger partial charge in [0, 0.05) is 49.6 Å². The van der Waals surface area contributed by atoms with Crippen molar-refractivity contribution in [2.45, 2.75) is 168 Å². The molecule has 0 aromatic carbocycles. The fraction of sp³-hybridized carbons (Fsp3) is 0.875. The van der Waals surface area contributed by atoms with Crippen molar-refractivity contribution < 1.29 is 34.1 Å². The topological polar surface area (TPSA) is 144 Å². The minimum Gasteiger partial charge on any atom is -0.481 e. The third-order valence-corrected chi connectivity index (χ3v) is 20.4. The average molecular weight is 776 g/mol. The van der Waals surface area contributed by atoms with Gasteiger partial charge in [0.25, 0.3) is 0 Å². The van der Waals surface area contributed by atoms with Gasteiger partial charge in [0.2, 0.25) is 0 Å². The van der Waals surface area contributed by atoms with E-state index in [4.69, 9.17) is 10.5 Å². The standard InChI is InChI=1S/C48H73NO7/c1-28(6-14-41(52)53)34-10-13-38-43-39(19-22-45(34,38)3)47(5)23-17-32(51)25-48(47,49)26-40(43)56-27-29(7-15-42(54)55)35-11-12-36-33-9-8-30-24-31(50)16-20-44(30,2)37(33)18-21-46(35,36)4/h7,15,28-30,33-40,43H,6,8-14,16-27,49H2,1-5H3,(H,52,53)(H,54,55)/b15-7+/t28-,29+,30-,33+,34-,35-,36?,37?,38?,39?,40+,43+,44+,45-,46-,47-,48-/m1/s1. The van der Waals surface area contributed by atoms with Gasteiger partial charge in [-0.3, -0.25) is 14.4 Å². The molecule has 17 atom stereocenters. The first-order valence-electron chi connectivity index (χ1n) is 23.0. The smallest absolute Gasteiger partial charge is 0.327 e. The van der Waals surface area contributed by atoms with E-state index < -0.39 is 17.5 Å². The van der Waals surface area contributed by atoms with Crippen molar-refractivity contribution in [1.82, 2.24) is 0 Å². The Labute approximate surface area is 336 Å². The summed E-state index contributed by atoms with van der Waals surface area (Å²) in [6, 6.07) is 0. The summed E-state index contributed by atoms with van der Waals surface area (Å²) in [5, 5.41) is 19.5. The largest absolute Gasteiger partial charge is 0.481 e.